The Labute approximate surface area is 155 Å². The van der Waals surface area contributed by atoms with Crippen molar-refractivity contribution >= 4 is 28.2 Å². The van der Waals surface area contributed by atoms with E-state index < -0.39 is 5.63 Å². The fraction of sp³-hybridized carbons (Fsp3) is 0.300. The molecule has 3 heterocycles. The van der Waals surface area contributed by atoms with Crippen molar-refractivity contribution < 1.29 is 9.21 Å². The minimum Gasteiger partial charge on any atom is -0.422 e. The van der Waals surface area contributed by atoms with Crippen LogP contribution in [0.1, 0.15) is 34.8 Å². The number of carbonyl (C=O) groups excluding carboxylic acids is 1. The molecule has 0 spiro atoms. The van der Waals surface area contributed by atoms with Gasteiger partial charge in [-0.1, -0.05) is 18.2 Å². The van der Waals surface area contributed by atoms with Gasteiger partial charge in [0.25, 0.3) is 5.91 Å². The van der Waals surface area contributed by atoms with Crippen molar-refractivity contribution in [1.82, 2.24) is 10.2 Å². The largest absolute Gasteiger partial charge is 0.422 e. The van der Waals surface area contributed by atoms with Gasteiger partial charge in [-0.2, -0.15) is 11.3 Å². The summed E-state index contributed by atoms with van der Waals surface area (Å²) in [5.74, 6) is -0.385. The standard InChI is InChI=1S/C20H20N2O3S/c23-19(16-11-14-5-1-2-6-18(14)25-20(16)24)21-12-17(15-7-10-26-13-15)22-8-3-4-9-22/h1-2,5-7,10-11,13,17H,3-4,8-9,12H2,(H,21,23)/t17-/m1/s1. The van der Waals surface area contributed by atoms with Crippen LogP contribution in [0.15, 0.2) is 56.4 Å². The molecule has 0 radical (unpaired) electrons. The Balaban J connectivity index is 1.53. The van der Waals surface area contributed by atoms with Crippen LogP contribution in [-0.4, -0.2) is 30.4 Å². The van der Waals surface area contributed by atoms with Crippen LogP contribution >= 0.6 is 11.3 Å². The molecular formula is C20H20N2O3S. The van der Waals surface area contributed by atoms with E-state index >= 15 is 0 Å². The number of hydrogen-bond acceptors (Lipinski definition) is 5. The molecular weight excluding hydrogens is 348 g/mol. The van der Waals surface area contributed by atoms with Crippen molar-refractivity contribution in [2.75, 3.05) is 19.6 Å². The quantitative estimate of drug-likeness (QED) is 0.701. The molecule has 1 amide bonds. The summed E-state index contributed by atoms with van der Waals surface area (Å²) in [5, 5.41) is 7.85. The van der Waals surface area contributed by atoms with Crippen LogP contribution in [0.4, 0.5) is 0 Å². The molecule has 1 aliphatic heterocycles. The number of carbonyl (C=O) groups is 1. The van der Waals surface area contributed by atoms with Gasteiger partial charge >= 0.3 is 5.63 Å². The molecule has 4 rings (SSSR count). The average Bonchev–Trinajstić information content (AvgIpc) is 3.35. The van der Waals surface area contributed by atoms with Gasteiger partial charge in [0.15, 0.2) is 0 Å². The molecule has 1 saturated heterocycles. The van der Waals surface area contributed by atoms with Gasteiger partial charge in [-0.15, -0.1) is 0 Å². The van der Waals surface area contributed by atoms with Crippen LogP contribution in [0, 0.1) is 0 Å². The van der Waals surface area contributed by atoms with Gasteiger partial charge < -0.3 is 9.73 Å². The molecule has 2 aromatic heterocycles. The molecule has 0 bridgehead atoms. The Kier molecular flexibility index (Phi) is 4.86. The van der Waals surface area contributed by atoms with E-state index in [0.717, 1.165) is 18.5 Å². The van der Waals surface area contributed by atoms with E-state index in [1.807, 2.05) is 12.1 Å². The van der Waals surface area contributed by atoms with E-state index in [1.54, 1.807) is 29.5 Å². The van der Waals surface area contributed by atoms with Crippen LogP contribution < -0.4 is 10.9 Å². The lowest BCUT2D eigenvalue weighted by Crippen LogP contribution is -2.37. The third kappa shape index (κ3) is 3.43. The lowest BCUT2D eigenvalue weighted by molar-refractivity contribution is 0.0934. The zero-order chi connectivity index (χ0) is 17.9. The van der Waals surface area contributed by atoms with Crippen LogP contribution in [0.5, 0.6) is 0 Å². The van der Waals surface area contributed by atoms with Gasteiger partial charge in [0.1, 0.15) is 11.1 Å². The Morgan fingerprint density at radius 1 is 1.23 bits per heavy atom. The molecule has 6 heteroatoms. The molecule has 3 aromatic rings. The van der Waals surface area contributed by atoms with Crippen molar-refractivity contribution in [2.45, 2.75) is 18.9 Å². The highest BCUT2D eigenvalue weighted by Crippen LogP contribution is 2.26. The number of rotatable bonds is 5. The summed E-state index contributed by atoms with van der Waals surface area (Å²) < 4.78 is 5.27. The topological polar surface area (TPSA) is 62.6 Å². The first-order valence-electron chi connectivity index (χ1n) is 8.79. The maximum atomic E-state index is 12.6. The second-order valence-corrected chi connectivity index (χ2v) is 7.29. The van der Waals surface area contributed by atoms with Crippen molar-refractivity contribution in [2.24, 2.45) is 0 Å². The van der Waals surface area contributed by atoms with E-state index in [2.05, 4.69) is 27.0 Å². The monoisotopic (exact) mass is 368 g/mol. The fourth-order valence-electron chi connectivity index (χ4n) is 3.48. The smallest absolute Gasteiger partial charge is 0.349 e. The molecule has 134 valence electrons. The van der Waals surface area contributed by atoms with Crippen molar-refractivity contribution in [3.05, 3.63) is 68.7 Å². The minimum absolute atomic E-state index is 0.0502. The van der Waals surface area contributed by atoms with Crippen molar-refractivity contribution in [1.29, 1.82) is 0 Å². The second kappa shape index (κ2) is 7.43. The fourth-order valence-corrected chi connectivity index (χ4v) is 4.19. The number of hydrogen-bond donors (Lipinski definition) is 1. The molecule has 1 N–H and O–H groups in total. The first-order valence-corrected chi connectivity index (χ1v) is 9.74. The molecule has 0 unspecified atom stereocenters. The van der Waals surface area contributed by atoms with Crippen LogP contribution in [0.2, 0.25) is 0 Å². The summed E-state index contributed by atoms with van der Waals surface area (Å²) in [7, 11) is 0. The maximum Gasteiger partial charge on any atom is 0.349 e. The van der Waals surface area contributed by atoms with Gasteiger partial charge in [0.05, 0.1) is 6.04 Å². The number of nitrogens with zero attached hydrogens (tertiary/aromatic N) is 1. The highest BCUT2D eigenvalue weighted by Gasteiger charge is 2.25. The second-order valence-electron chi connectivity index (χ2n) is 6.51. The number of nitrogens with one attached hydrogen (secondary N) is 1. The zero-order valence-corrected chi connectivity index (χ0v) is 15.1. The third-order valence-corrected chi connectivity index (χ3v) is 5.55. The van der Waals surface area contributed by atoms with E-state index in [9.17, 15) is 9.59 Å². The third-order valence-electron chi connectivity index (χ3n) is 4.85. The predicted octanol–water partition coefficient (Wildman–Crippen LogP) is 3.42. The van der Waals surface area contributed by atoms with Gasteiger partial charge in [-0.05, 0) is 60.5 Å². The number of amides is 1. The first kappa shape index (κ1) is 17.0. The molecule has 1 aromatic carbocycles. The minimum atomic E-state index is -0.602. The Bertz CT molecular complexity index is 959. The maximum absolute atomic E-state index is 12.6. The summed E-state index contributed by atoms with van der Waals surface area (Å²) in [5.41, 5.74) is 1.15. The van der Waals surface area contributed by atoms with Crippen LogP contribution in [-0.2, 0) is 0 Å². The normalized spacial score (nSPS) is 16.0. The number of fused-ring (bicyclic) bond motifs is 1. The molecule has 5 nitrogen and oxygen atoms in total. The summed E-state index contributed by atoms with van der Waals surface area (Å²) in [4.78, 5) is 27.2. The number of para-hydroxylation sites is 1. The lowest BCUT2D eigenvalue weighted by atomic mass is 10.1. The summed E-state index contributed by atoms with van der Waals surface area (Å²) in [6.45, 7) is 2.55. The Morgan fingerprint density at radius 3 is 2.81 bits per heavy atom. The highest BCUT2D eigenvalue weighted by atomic mass is 32.1. The summed E-state index contributed by atoms with van der Waals surface area (Å²) in [6.07, 6.45) is 2.37. The molecule has 0 saturated carbocycles. The SMILES string of the molecule is O=C(NC[C@H](c1ccsc1)N1CCCC1)c1cc2ccccc2oc1=O. The van der Waals surface area contributed by atoms with E-state index in [-0.39, 0.29) is 17.5 Å². The predicted molar refractivity (Wildman–Crippen MR) is 103 cm³/mol. The Hall–Kier alpha value is -2.44. The number of benzene rings is 1. The van der Waals surface area contributed by atoms with E-state index in [1.165, 1.54) is 18.4 Å². The van der Waals surface area contributed by atoms with Gasteiger partial charge in [0, 0.05) is 11.9 Å². The molecule has 0 aliphatic carbocycles. The molecule has 1 atom stereocenters. The molecule has 26 heavy (non-hydrogen) atoms. The summed E-state index contributed by atoms with van der Waals surface area (Å²) >= 11 is 1.66. The van der Waals surface area contributed by atoms with Crippen molar-refractivity contribution in [3.8, 4) is 0 Å². The summed E-state index contributed by atoms with van der Waals surface area (Å²) in [6, 6.07) is 11.0. The van der Waals surface area contributed by atoms with Crippen molar-refractivity contribution in [3.63, 3.8) is 0 Å². The average molecular weight is 368 g/mol. The Morgan fingerprint density at radius 2 is 2.04 bits per heavy atom. The zero-order valence-electron chi connectivity index (χ0n) is 14.3. The van der Waals surface area contributed by atoms with Gasteiger partial charge in [0.2, 0.25) is 0 Å². The van der Waals surface area contributed by atoms with Crippen LogP contribution in [0.25, 0.3) is 11.0 Å². The van der Waals surface area contributed by atoms with E-state index in [0.29, 0.717) is 12.1 Å². The highest BCUT2D eigenvalue weighted by molar-refractivity contribution is 7.07. The molecule has 1 fully saturated rings. The lowest BCUT2D eigenvalue weighted by Gasteiger charge is -2.27. The van der Waals surface area contributed by atoms with Gasteiger partial charge in [-0.25, -0.2) is 4.79 Å². The number of likely N-dealkylation sites (tertiary alicyclic amines) is 1. The van der Waals surface area contributed by atoms with Crippen LogP contribution in [0.3, 0.4) is 0 Å². The first-order chi connectivity index (χ1) is 12.7. The number of thiophene rings is 1. The molecule has 1 aliphatic rings. The van der Waals surface area contributed by atoms with Gasteiger partial charge in [-0.3, -0.25) is 9.69 Å². The van der Waals surface area contributed by atoms with E-state index in [4.69, 9.17) is 4.42 Å².